The summed E-state index contributed by atoms with van der Waals surface area (Å²) in [6, 6.07) is 6.46. The molecule has 116 valence electrons. The molecule has 1 heterocycles. The van der Waals surface area contributed by atoms with Crippen LogP contribution in [-0.4, -0.2) is 10.8 Å². The van der Waals surface area contributed by atoms with Gasteiger partial charge in [0.15, 0.2) is 0 Å². The van der Waals surface area contributed by atoms with Gasteiger partial charge in [0, 0.05) is 29.8 Å². The minimum atomic E-state index is 0.0873. The molecule has 0 atom stereocenters. The Balaban J connectivity index is 2.42. The van der Waals surface area contributed by atoms with Crippen LogP contribution in [0.25, 0.3) is 11.1 Å². The second-order valence-electron chi connectivity index (χ2n) is 6.53. The molecule has 2 aromatic rings. The van der Waals surface area contributed by atoms with Crippen LogP contribution >= 0.6 is 0 Å². The first-order valence-electron chi connectivity index (χ1n) is 7.86. The first-order chi connectivity index (χ1) is 10.3. The third-order valence-corrected chi connectivity index (χ3v) is 4.24. The Bertz CT molecular complexity index is 691. The molecule has 0 aliphatic rings. The van der Waals surface area contributed by atoms with Crippen molar-refractivity contribution in [2.45, 2.75) is 48.0 Å². The van der Waals surface area contributed by atoms with Crippen LogP contribution in [0, 0.1) is 33.6 Å². The molecule has 0 N–H and O–H groups in total. The number of Topliss-reactive ketones (excluding diaryl/α,β-unsaturated/α-hetero) is 1. The summed E-state index contributed by atoms with van der Waals surface area (Å²) in [7, 11) is 0. The summed E-state index contributed by atoms with van der Waals surface area (Å²) >= 11 is 0. The van der Waals surface area contributed by atoms with Crippen LogP contribution in [0.5, 0.6) is 0 Å². The van der Waals surface area contributed by atoms with Gasteiger partial charge in [-0.3, -0.25) is 9.78 Å². The SMILES string of the molecule is Cc1cc(-c2c(C)cc(CC(=O)C(C)C)cc2C)cnc1C. The van der Waals surface area contributed by atoms with Gasteiger partial charge in [-0.25, -0.2) is 0 Å². The number of aryl methyl sites for hydroxylation is 4. The molecule has 0 bridgehead atoms. The van der Waals surface area contributed by atoms with E-state index in [1.54, 1.807) is 0 Å². The fourth-order valence-electron chi connectivity index (χ4n) is 2.80. The number of ketones is 1. The topological polar surface area (TPSA) is 30.0 Å². The zero-order chi connectivity index (χ0) is 16.4. The van der Waals surface area contributed by atoms with Crippen molar-refractivity contribution in [1.29, 1.82) is 0 Å². The van der Waals surface area contributed by atoms with Gasteiger partial charge < -0.3 is 0 Å². The highest BCUT2D eigenvalue weighted by molar-refractivity contribution is 5.83. The largest absolute Gasteiger partial charge is 0.299 e. The average Bonchev–Trinajstić information content (AvgIpc) is 2.41. The van der Waals surface area contributed by atoms with Gasteiger partial charge in [-0.1, -0.05) is 26.0 Å². The van der Waals surface area contributed by atoms with Crippen LogP contribution in [0.15, 0.2) is 24.4 Å². The van der Waals surface area contributed by atoms with E-state index in [-0.39, 0.29) is 5.92 Å². The second-order valence-corrected chi connectivity index (χ2v) is 6.53. The summed E-state index contributed by atoms with van der Waals surface area (Å²) in [5.41, 5.74) is 8.17. The molecule has 22 heavy (non-hydrogen) atoms. The Labute approximate surface area is 133 Å². The summed E-state index contributed by atoms with van der Waals surface area (Å²) < 4.78 is 0. The zero-order valence-corrected chi connectivity index (χ0v) is 14.4. The second kappa shape index (κ2) is 6.43. The molecule has 0 aliphatic heterocycles. The average molecular weight is 295 g/mol. The molecule has 0 spiro atoms. The quantitative estimate of drug-likeness (QED) is 0.814. The van der Waals surface area contributed by atoms with Gasteiger partial charge in [0.05, 0.1) is 0 Å². The van der Waals surface area contributed by atoms with Crippen LogP contribution in [0.3, 0.4) is 0 Å². The number of pyridine rings is 1. The fraction of sp³-hybridized carbons (Fsp3) is 0.400. The fourth-order valence-corrected chi connectivity index (χ4v) is 2.80. The van der Waals surface area contributed by atoms with Crippen molar-refractivity contribution >= 4 is 5.78 Å². The van der Waals surface area contributed by atoms with Gasteiger partial charge in [0.2, 0.25) is 0 Å². The molecule has 0 unspecified atom stereocenters. The lowest BCUT2D eigenvalue weighted by molar-refractivity contribution is -0.121. The zero-order valence-electron chi connectivity index (χ0n) is 14.4. The van der Waals surface area contributed by atoms with E-state index in [9.17, 15) is 4.79 Å². The number of carbonyl (C=O) groups is 1. The molecule has 1 aromatic carbocycles. The van der Waals surface area contributed by atoms with Crippen molar-refractivity contribution in [3.63, 3.8) is 0 Å². The molecule has 0 amide bonds. The van der Waals surface area contributed by atoms with Crippen molar-refractivity contribution in [2.24, 2.45) is 5.92 Å². The summed E-state index contributed by atoms with van der Waals surface area (Å²) in [6.07, 6.45) is 2.46. The summed E-state index contributed by atoms with van der Waals surface area (Å²) in [4.78, 5) is 16.4. The number of benzene rings is 1. The van der Waals surface area contributed by atoms with Crippen molar-refractivity contribution in [1.82, 2.24) is 4.98 Å². The van der Waals surface area contributed by atoms with E-state index >= 15 is 0 Å². The number of rotatable bonds is 4. The maximum atomic E-state index is 12.0. The van der Waals surface area contributed by atoms with Crippen molar-refractivity contribution in [3.8, 4) is 11.1 Å². The molecule has 0 radical (unpaired) electrons. The van der Waals surface area contributed by atoms with E-state index < -0.39 is 0 Å². The Morgan fingerprint density at radius 3 is 2.09 bits per heavy atom. The van der Waals surface area contributed by atoms with Crippen LogP contribution in [-0.2, 0) is 11.2 Å². The number of hydrogen-bond donors (Lipinski definition) is 0. The molecule has 0 aliphatic carbocycles. The van der Waals surface area contributed by atoms with Crippen molar-refractivity contribution in [3.05, 3.63) is 52.3 Å². The van der Waals surface area contributed by atoms with Crippen LogP contribution in [0.1, 0.15) is 41.8 Å². The molecule has 2 heteroatoms. The lowest BCUT2D eigenvalue weighted by Gasteiger charge is -2.14. The number of aromatic nitrogens is 1. The molecule has 0 saturated heterocycles. The molecule has 0 saturated carbocycles. The number of hydrogen-bond acceptors (Lipinski definition) is 2. The maximum Gasteiger partial charge on any atom is 0.139 e. The third-order valence-electron chi connectivity index (χ3n) is 4.24. The maximum absolute atomic E-state index is 12.0. The molecule has 2 rings (SSSR count). The third kappa shape index (κ3) is 3.44. The van der Waals surface area contributed by atoms with Crippen LogP contribution in [0.2, 0.25) is 0 Å². The lowest BCUT2D eigenvalue weighted by atomic mass is 9.91. The number of nitrogens with zero attached hydrogens (tertiary/aromatic N) is 1. The van der Waals surface area contributed by atoms with Gasteiger partial charge >= 0.3 is 0 Å². The van der Waals surface area contributed by atoms with E-state index in [4.69, 9.17) is 0 Å². The van der Waals surface area contributed by atoms with E-state index in [0.29, 0.717) is 12.2 Å². The Morgan fingerprint density at radius 1 is 1.00 bits per heavy atom. The van der Waals surface area contributed by atoms with Crippen molar-refractivity contribution < 1.29 is 4.79 Å². The highest BCUT2D eigenvalue weighted by Gasteiger charge is 2.13. The van der Waals surface area contributed by atoms with Gasteiger partial charge in [-0.2, -0.15) is 0 Å². The van der Waals surface area contributed by atoms with Gasteiger partial charge in [-0.05, 0) is 61.6 Å². The minimum absolute atomic E-state index is 0.0873. The molecular formula is C20H25NO. The first-order valence-corrected chi connectivity index (χ1v) is 7.86. The Morgan fingerprint density at radius 2 is 1.59 bits per heavy atom. The van der Waals surface area contributed by atoms with E-state index in [1.807, 2.05) is 27.0 Å². The summed E-state index contributed by atoms with van der Waals surface area (Å²) in [5, 5.41) is 0. The smallest absolute Gasteiger partial charge is 0.139 e. The van der Waals surface area contributed by atoms with Crippen LogP contribution in [0.4, 0.5) is 0 Å². The van der Waals surface area contributed by atoms with Crippen molar-refractivity contribution in [2.75, 3.05) is 0 Å². The molecule has 2 nitrogen and oxygen atoms in total. The van der Waals surface area contributed by atoms with Gasteiger partial charge in [-0.15, -0.1) is 0 Å². The Kier molecular flexibility index (Phi) is 4.80. The normalized spacial score (nSPS) is 11.0. The highest BCUT2D eigenvalue weighted by Crippen LogP contribution is 2.29. The lowest BCUT2D eigenvalue weighted by Crippen LogP contribution is -2.10. The first kappa shape index (κ1) is 16.4. The molecule has 1 aromatic heterocycles. The predicted octanol–water partition coefficient (Wildman–Crippen LogP) is 4.75. The van der Waals surface area contributed by atoms with E-state index in [2.05, 4.69) is 44.0 Å². The summed E-state index contributed by atoms with van der Waals surface area (Å²) in [6.45, 7) is 12.3. The molecular weight excluding hydrogens is 270 g/mol. The molecule has 0 fully saturated rings. The van der Waals surface area contributed by atoms with Gasteiger partial charge in [0.25, 0.3) is 0 Å². The predicted molar refractivity (Wildman–Crippen MR) is 92.2 cm³/mol. The Hall–Kier alpha value is -1.96. The monoisotopic (exact) mass is 295 g/mol. The highest BCUT2D eigenvalue weighted by atomic mass is 16.1. The van der Waals surface area contributed by atoms with E-state index in [1.165, 1.54) is 22.3 Å². The minimum Gasteiger partial charge on any atom is -0.299 e. The van der Waals surface area contributed by atoms with Gasteiger partial charge in [0.1, 0.15) is 5.78 Å². The summed E-state index contributed by atoms with van der Waals surface area (Å²) in [5.74, 6) is 0.378. The number of carbonyl (C=O) groups excluding carboxylic acids is 1. The van der Waals surface area contributed by atoms with E-state index in [0.717, 1.165) is 16.8 Å². The standard InChI is InChI=1S/C20H25NO/c1-12(2)19(22)10-17-7-14(4)20(15(5)8-17)18-9-13(3)16(6)21-11-18/h7-9,11-12H,10H2,1-6H3. The van der Waals surface area contributed by atoms with Crippen LogP contribution < -0.4 is 0 Å².